The maximum atomic E-state index is 12.6. The first kappa shape index (κ1) is 14.6. The molecule has 6 nitrogen and oxygen atoms in total. The van der Waals surface area contributed by atoms with E-state index in [1.54, 1.807) is 23.4 Å². The van der Waals surface area contributed by atoms with Gasteiger partial charge in [-0.3, -0.25) is 14.6 Å². The van der Waals surface area contributed by atoms with Crippen molar-refractivity contribution in [3.8, 4) is 0 Å². The number of aromatic nitrogens is 3. The molecule has 0 unspecified atom stereocenters. The predicted molar refractivity (Wildman–Crippen MR) is 89.6 cm³/mol. The largest absolute Gasteiger partial charge is 0.338 e. The number of hydrogen-bond donors (Lipinski definition) is 0. The Morgan fingerprint density at radius 1 is 1.12 bits per heavy atom. The first-order chi connectivity index (χ1) is 11.7. The zero-order chi connectivity index (χ0) is 16.5. The van der Waals surface area contributed by atoms with Crippen molar-refractivity contribution in [3.63, 3.8) is 0 Å². The van der Waals surface area contributed by atoms with Crippen LogP contribution in [0.15, 0.2) is 59.7 Å². The third-order valence-electron chi connectivity index (χ3n) is 4.31. The van der Waals surface area contributed by atoms with Crippen molar-refractivity contribution < 1.29 is 4.79 Å². The molecule has 3 heterocycles. The normalized spacial score (nSPS) is 14.6. The van der Waals surface area contributed by atoms with E-state index in [0.29, 0.717) is 25.2 Å². The van der Waals surface area contributed by atoms with Gasteiger partial charge in [0.1, 0.15) is 0 Å². The quantitative estimate of drug-likeness (QED) is 0.734. The van der Waals surface area contributed by atoms with Gasteiger partial charge in [-0.25, -0.2) is 4.68 Å². The Morgan fingerprint density at radius 3 is 2.79 bits per heavy atom. The fraction of sp³-hybridized carbons (Fsp3) is 0.222. The molecular formula is C18H16N4O2. The number of likely N-dealkylation sites (tertiary alicyclic amines) is 1. The molecule has 120 valence electrons. The molecule has 1 aliphatic rings. The molecule has 0 N–H and O–H groups in total. The second-order valence-corrected chi connectivity index (χ2v) is 6.03. The molecule has 1 aliphatic heterocycles. The number of benzene rings is 1. The Labute approximate surface area is 138 Å². The Morgan fingerprint density at radius 2 is 1.96 bits per heavy atom. The van der Waals surface area contributed by atoms with E-state index in [2.05, 4.69) is 10.1 Å². The molecule has 0 saturated carbocycles. The second kappa shape index (κ2) is 5.88. The minimum absolute atomic E-state index is 0.0189. The fourth-order valence-electron chi connectivity index (χ4n) is 3.01. The molecule has 0 spiro atoms. The molecular weight excluding hydrogens is 304 g/mol. The van der Waals surface area contributed by atoms with Gasteiger partial charge in [-0.2, -0.15) is 5.10 Å². The van der Waals surface area contributed by atoms with Crippen LogP contribution in [0.5, 0.6) is 0 Å². The SMILES string of the molecule is O=C(c1ccc2ncccc2c1)N1CC(Cn2ncccc2=O)C1. The number of amides is 1. The van der Waals surface area contributed by atoms with Crippen LogP contribution in [0.3, 0.4) is 0 Å². The van der Waals surface area contributed by atoms with E-state index in [1.165, 1.54) is 10.7 Å². The van der Waals surface area contributed by atoms with Crippen LogP contribution in [0, 0.1) is 5.92 Å². The molecule has 3 aromatic rings. The summed E-state index contributed by atoms with van der Waals surface area (Å²) in [5.41, 5.74) is 1.44. The summed E-state index contributed by atoms with van der Waals surface area (Å²) in [7, 11) is 0. The average molecular weight is 320 g/mol. The molecule has 1 aromatic carbocycles. The van der Waals surface area contributed by atoms with Gasteiger partial charge in [0.15, 0.2) is 0 Å². The molecule has 1 saturated heterocycles. The molecule has 2 aromatic heterocycles. The monoisotopic (exact) mass is 320 g/mol. The lowest BCUT2D eigenvalue weighted by atomic mass is 9.98. The van der Waals surface area contributed by atoms with Crippen molar-refractivity contribution in [2.75, 3.05) is 13.1 Å². The number of pyridine rings is 1. The van der Waals surface area contributed by atoms with Gasteiger partial charge in [-0.15, -0.1) is 0 Å². The number of hydrogen-bond acceptors (Lipinski definition) is 4. The van der Waals surface area contributed by atoms with Gasteiger partial charge in [-0.1, -0.05) is 6.07 Å². The summed E-state index contributed by atoms with van der Waals surface area (Å²) in [5.74, 6) is 0.286. The topological polar surface area (TPSA) is 68.1 Å². The number of carbonyl (C=O) groups excluding carboxylic acids is 1. The van der Waals surface area contributed by atoms with Crippen molar-refractivity contribution in [2.45, 2.75) is 6.54 Å². The second-order valence-electron chi connectivity index (χ2n) is 6.03. The minimum Gasteiger partial charge on any atom is -0.338 e. The van der Waals surface area contributed by atoms with Gasteiger partial charge in [0.2, 0.25) is 0 Å². The fourth-order valence-corrected chi connectivity index (χ4v) is 3.01. The molecule has 24 heavy (non-hydrogen) atoms. The van der Waals surface area contributed by atoms with Gasteiger partial charge in [0.05, 0.1) is 12.1 Å². The predicted octanol–water partition coefficient (Wildman–Crippen LogP) is 1.56. The lowest BCUT2D eigenvalue weighted by Crippen LogP contribution is -2.52. The average Bonchev–Trinajstić information content (AvgIpc) is 2.58. The van der Waals surface area contributed by atoms with E-state index in [9.17, 15) is 9.59 Å². The zero-order valence-electron chi connectivity index (χ0n) is 13.0. The molecule has 4 rings (SSSR count). The van der Waals surface area contributed by atoms with Gasteiger partial charge in [0.25, 0.3) is 11.5 Å². The van der Waals surface area contributed by atoms with Gasteiger partial charge in [-0.05, 0) is 30.3 Å². The Hall–Kier alpha value is -3.02. The molecule has 0 radical (unpaired) electrons. The maximum absolute atomic E-state index is 12.6. The summed E-state index contributed by atoms with van der Waals surface area (Å²) in [4.78, 5) is 30.3. The van der Waals surface area contributed by atoms with E-state index >= 15 is 0 Å². The zero-order valence-corrected chi connectivity index (χ0v) is 13.0. The summed E-state index contributed by atoms with van der Waals surface area (Å²) < 4.78 is 1.45. The van der Waals surface area contributed by atoms with Gasteiger partial charge in [0, 0.05) is 48.4 Å². The standard InChI is InChI=1S/C18H16N4O2/c23-17-4-2-8-20-22(17)12-13-10-21(11-13)18(24)15-5-6-16-14(9-15)3-1-7-19-16/h1-9,13H,10-12H2. The minimum atomic E-state index is -0.107. The van der Waals surface area contributed by atoms with E-state index in [-0.39, 0.29) is 17.4 Å². The van der Waals surface area contributed by atoms with Crippen LogP contribution in [0.2, 0.25) is 0 Å². The molecule has 0 bridgehead atoms. The Balaban J connectivity index is 1.43. The van der Waals surface area contributed by atoms with Crippen molar-refractivity contribution >= 4 is 16.8 Å². The van der Waals surface area contributed by atoms with Crippen molar-refractivity contribution in [3.05, 3.63) is 70.8 Å². The number of carbonyl (C=O) groups is 1. The lowest BCUT2D eigenvalue weighted by Gasteiger charge is -2.39. The van der Waals surface area contributed by atoms with Crippen LogP contribution in [0.1, 0.15) is 10.4 Å². The number of nitrogens with zero attached hydrogens (tertiary/aromatic N) is 4. The van der Waals surface area contributed by atoms with E-state index < -0.39 is 0 Å². The van der Waals surface area contributed by atoms with Gasteiger partial charge < -0.3 is 4.90 Å². The molecule has 0 atom stereocenters. The van der Waals surface area contributed by atoms with Crippen molar-refractivity contribution in [1.29, 1.82) is 0 Å². The van der Waals surface area contributed by atoms with E-state index in [4.69, 9.17) is 0 Å². The van der Waals surface area contributed by atoms with Crippen molar-refractivity contribution in [2.24, 2.45) is 5.92 Å². The molecule has 1 amide bonds. The number of rotatable bonds is 3. The summed E-state index contributed by atoms with van der Waals surface area (Å²) in [5, 5.41) is 5.01. The summed E-state index contributed by atoms with van der Waals surface area (Å²) in [6.45, 7) is 1.84. The molecule has 6 heteroatoms. The van der Waals surface area contributed by atoms with E-state index in [1.807, 2.05) is 30.3 Å². The number of fused-ring (bicyclic) bond motifs is 1. The smallest absolute Gasteiger partial charge is 0.266 e. The van der Waals surface area contributed by atoms with Crippen LogP contribution >= 0.6 is 0 Å². The van der Waals surface area contributed by atoms with Crippen LogP contribution in [0.25, 0.3) is 10.9 Å². The third kappa shape index (κ3) is 2.67. The molecule has 1 fully saturated rings. The highest BCUT2D eigenvalue weighted by Gasteiger charge is 2.31. The lowest BCUT2D eigenvalue weighted by molar-refractivity contribution is 0.0458. The van der Waals surface area contributed by atoms with Crippen LogP contribution < -0.4 is 5.56 Å². The Bertz CT molecular complexity index is 960. The first-order valence-corrected chi connectivity index (χ1v) is 7.87. The third-order valence-corrected chi connectivity index (χ3v) is 4.31. The van der Waals surface area contributed by atoms with Crippen LogP contribution in [-0.4, -0.2) is 38.7 Å². The van der Waals surface area contributed by atoms with Crippen LogP contribution in [0.4, 0.5) is 0 Å². The first-order valence-electron chi connectivity index (χ1n) is 7.87. The summed E-state index contributed by atoms with van der Waals surface area (Å²) in [6.07, 6.45) is 3.34. The maximum Gasteiger partial charge on any atom is 0.266 e. The summed E-state index contributed by atoms with van der Waals surface area (Å²) in [6, 6.07) is 12.5. The highest BCUT2D eigenvalue weighted by atomic mass is 16.2. The van der Waals surface area contributed by atoms with Crippen molar-refractivity contribution in [1.82, 2.24) is 19.7 Å². The Kier molecular flexibility index (Phi) is 3.57. The van der Waals surface area contributed by atoms with E-state index in [0.717, 1.165) is 10.9 Å². The summed E-state index contributed by atoms with van der Waals surface area (Å²) >= 11 is 0. The van der Waals surface area contributed by atoms with Gasteiger partial charge >= 0.3 is 0 Å². The molecule has 0 aliphatic carbocycles. The highest BCUT2D eigenvalue weighted by molar-refractivity contribution is 5.98. The highest BCUT2D eigenvalue weighted by Crippen LogP contribution is 2.21. The van der Waals surface area contributed by atoms with Crippen LogP contribution in [-0.2, 0) is 6.54 Å².